The Morgan fingerprint density at radius 3 is 2.81 bits per heavy atom. The lowest BCUT2D eigenvalue weighted by Gasteiger charge is -2.18. The zero-order valence-electron chi connectivity index (χ0n) is 9.62. The quantitative estimate of drug-likeness (QED) is 0.545. The van der Waals surface area contributed by atoms with E-state index in [1.54, 1.807) is 0 Å². The molecule has 0 aliphatic rings. The van der Waals surface area contributed by atoms with Gasteiger partial charge in [0.2, 0.25) is 0 Å². The summed E-state index contributed by atoms with van der Waals surface area (Å²) in [6, 6.07) is 5.79. The van der Waals surface area contributed by atoms with Crippen LogP contribution in [0.25, 0.3) is 10.9 Å². The van der Waals surface area contributed by atoms with E-state index >= 15 is 0 Å². The van der Waals surface area contributed by atoms with Crippen LogP contribution in [0.1, 0.15) is 12.5 Å². The minimum absolute atomic E-state index is 0.0135. The van der Waals surface area contributed by atoms with Gasteiger partial charge in [-0.3, -0.25) is 0 Å². The number of nitrogens with zero attached hydrogens (tertiary/aromatic N) is 1. The summed E-state index contributed by atoms with van der Waals surface area (Å²) < 4.78 is 0. The number of benzene rings is 1. The first kappa shape index (κ1) is 10.8. The number of H-pyrrole nitrogens is 1. The summed E-state index contributed by atoms with van der Waals surface area (Å²) in [5.74, 6) is 0.964. The number of aryl methyl sites for hydroxylation is 1. The molecule has 2 rings (SSSR count). The molecule has 86 valence electrons. The van der Waals surface area contributed by atoms with Gasteiger partial charge in [0, 0.05) is 23.1 Å². The van der Waals surface area contributed by atoms with Gasteiger partial charge in [0.05, 0.1) is 0 Å². The fraction of sp³-hybridized carbons (Fsp3) is 0.333. The van der Waals surface area contributed by atoms with Crippen molar-refractivity contribution in [1.29, 1.82) is 0 Å². The Hall–Kier alpha value is -1.68. The first-order valence-electron chi connectivity index (χ1n) is 5.41. The number of aliphatic hydroxyl groups is 1. The van der Waals surface area contributed by atoms with Gasteiger partial charge in [0.25, 0.3) is 0 Å². The van der Waals surface area contributed by atoms with E-state index in [1.807, 2.05) is 36.9 Å². The Labute approximate surface area is 94.7 Å². The highest BCUT2D eigenvalue weighted by atomic mass is 16.3. The maximum absolute atomic E-state index is 9.26. The van der Waals surface area contributed by atoms with Crippen molar-refractivity contribution in [2.75, 3.05) is 23.9 Å². The van der Waals surface area contributed by atoms with Crippen molar-refractivity contribution in [2.45, 2.75) is 13.8 Å². The summed E-state index contributed by atoms with van der Waals surface area (Å²) in [4.78, 5) is 5.18. The summed E-state index contributed by atoms with van der Waals surface area (Å²) in [6.07, 6.45) is 0. The lowest BCUT2D eigenvalue weighted by atomic mass is 10.1. The van der Waals surface area contributed by atoms with Gasteiger partial charge in [-0.05, 0) is 37.6 Å². The van der Waals surface area contributed by atoms with Crippen molar-refractivity contribution in [3.63, 3.8) is 0 Å². The lowest BCUT2D eigenvalue weighted by molar-refractivity contribution is 0.292. The molecule has 0 saturated carbocycles. The van der Waals surface area contributed by atoms with Crippen LogP contribution in [0.2, 0.25) is 0 Å². The van der Waals surface area contributed by atoms with E-state index in [1.165, 1.54) is 0 Å². The van der Waals surface area contributed by atoms with Crippen LogP contribution in [0.15, 0.2) is 18.2 Å². The Balaban J connectivity index is 2.59. The number of aromatic nitrogens is 1. The zero-order chi connectivity index (χ0) is 11.7. The number of hydrogen-bond acceptors (Lipinski definition) is 3. The average Bonchev–Trinajstić information content (AvgIpc) is 2.59. The second kappa shape index (κ2) is 4.06. The molecular formula is C12H17N3O. The average molecular weight is 219 g/mol. The Bertz CT molecular complexity index is 500. The molecule has 0 spiro atoms. The largest absolute Gasteiger partial charge is 0.399 e. The van der Waals surface area contributed by atoms with Crippen LogP contribution >= 0.6 is 0 Å². The first-order chi connectivity index (χ1) is 7.67. The molecule has 1 aromatic heterocycles. The van der Waals surface area contributed by atoms with Crippen LogP contribution in [-0.2, 0) is 0 Å². The highest BCUT2D eigenvalue weighted by molar-refractivity contribution is 5.90. The Morgan fingerprint density at radius 2 is 2.19 bits per heavy atom. The van der Waals surface area contributed by atoms with E-state index in [4.69, 9.17) is 5.73 Å². The molecule has 0 saturated heterocycles. The highest BCUT2D eigenvalue weighted by Gasteiger charge is 2.12. The Morgan fingerprint density at radius 1 is 1.44 bits per heavy atom. The topological polar surface area (TPSA) is 65.3 Å². The molecule has 2 aromatic rings. The molecule has 4 nitrogen and oxygen atoms in total. The molecule has 4 heteroatoms. The molecule has 0 aliphatic carbocycles. The molecule has 1 heterocycles. The monoisotopic (exact) mass is 219 g/mol. The van der Waals surface area contributed by atoms with Gasteiger partial charge in [-0.25, -0.2) is 0 Å². The van der Waals surface area contributed by atoms with Crippen molar-refractivity contribution >= 4 is 22.4 Å². The van der Waals surface area contributed by atoms with E-state index < -0.39 is 0 Å². The summed E-state index contributed by atoms with van der Waals surface area (Å²) in [5, 5.41) is 10.4. The third-order valence-electron chi connectivity index (χ3n) is 2.92. The van der Waals surface area contributed by atoms with Crippen molar-refractivity contribution < 1.29 is 5.11 Å². The van der Waals surface area contributed by atoms with Gasteiger partial charge in [0.15, 0.2) is 0 Å². The van der Waals surface area contributed by atoms with E-state index in [0.29, 0.717) is 0 Å². The predicted molar refractivity (Wildman–Crippen MR) is 67.6 cm³/mol. The van der Waals surface area contributed by atoms with Crippen LogP contribution in [0, 0.1) is 6.92 Å². The molecule has 4 N–H and O–H groups in total. The number of aromatic amines is 1. The smallest absolute Gasteiger partial charge is 0.116 e. The second-order valence-electron chi connectivity index (χ2n) is 3.90. The van der Waals surface area contributed by atoms with Crippen molar-refractivity contribution in [1.82, 2.24) is 4.98 Å². The van der Waals surface area contributed by atoms with Gasteiger partial charge in [-0.15, -0.1) is 0 Å². The maximum atomic E-state index is 9.26. The third kappa shape index (κ3) is 1.61. The van der Waals surface area contributed by atoms with Gasteiger partial charge < -0.3 is 20.7 Å². The number of nitrogen functional groups attached to an aromatic ring is 1. The minimum Gasteiger partial charge on any atom is -0.399 e. The van der Waals surface area contributed by atoms with E-state index in [0.717, 1.165) is 34.5 Å². The minimum atomic E-state index is 0.0135. The fourth-order valence-corrected chi connectivity index (χ4v) is 1.98. The molecule has 0 bridgehead atoms. The molecule has 0 amide bonds. The number of nitrogens with two attached hydrogens (primary N) is 1. The standard InChI is InChI=1S/C12H17N3O/c1-3-15(7-16)12-8(2)10-6-9(13)4-5-11(10)14-12/h4-6,14,16H,3,7,13H2,1-2H3. The molecule has 1 aromatic carbocycles. The summed E-state index contributed by atoms with van der Waals surface area (Å²) in [7, 11) is 0. The van der Waals surface area contributed by atoms with Crippen LogP contribution in [0.5, 0.6) is 0 Å². The number of fused-ring (bicyclic) bond motifs is 1. The van der Waals surface area contributed by atoms with Crippen LogP contribution in [0.3, 0.4) is 0 Å². The number of aliphatic hydroxyl groups excluding tert-OH is 1. The van der Waals surface area contributed by atoms with Gasteiger partial charge in [-0.1, -0.05) is 0 Å². The molecule has 0 fully saturated rings. The van der Waals surface area contributed by atoms with Crippen LogP contribution < -0.4 is 10.6 Å². The van der Waals surface area contributed by atoms with Crippen LogP contribution in [0.4, 0.5) is 11.5 Å². The van der Waals surface area contributed by atoms with E-state index in [2.05, 4.69) is 4.98 Å². The first-order valence-corrected chi connectivity index (χ1v) is 5.41. The SMILES string of the molecule is CCN(CO)c1[nH]c2ccc(N)cc2c1C. The Kier molecular flexibility index (Phi) is 2.75. The second-order valence-corrected chi connectivity index (χ2v) is 3.90. The lowest BCUT2D eigenvalue weighted by Crippen LogP contribution is -2.24. The van der Waals surface area contributed by atoms with Crippen LogP contribution in [-0.4, -0.2) is 23.4 Å². The molecule has 0 unspecified atom stereocenters. The molecule has 16 heavy (non-hydrogen) atoms. The van der Waals surface area contributed by atoms with E-state index in [-0.39, 0.29) is 6.73 Å². The number of nitrogens with one attached hydrogen (secondary N) is 1. The number of rotatable bonds is 3. The van der Waals surface area contributed by atoms with Crippen molar-refractivity contribution in [2.24, 2.45) is 0 Å². The van der Waals surface area contributed by atoms with Crippen molar-refractivity contribution in [3.8, 4) is 0 Å². The number of anilines is 2. The maximum Gasteiger partial charge on any atom is 0.116 e. The van der Waals surface area contributed by atoms with Crippen molar-refractivity contribution in [3.05, 3.63) is 23.8 Å². The fourth-order valence-electron chi connectivity index (χ4n) is 1.98. The van der Waals surface area contributed by atoms with E-state index in [9.17, 15) is 5.11 Å². The molecule has 0 atom stereocenters. The molecular weight excluding hydrogens is 202 g/mol. The predicted octanol–water partition coefficient (Wildman–Crippen LogP) is 1.83. The molecule has 0 aliphatic heterocycles. The summed E-state index contributed by atoms with van der Waals surface area (Å²) in [5.41, 5.74) is 8.70. The molecule has 0 radical (unpaired) electrons. The number of hydrogen-bond donors (Lipinski definition) is 3. The third-order valence-corrected chi connectivity index (χ3v) is 2.92. The highest BCUT2D eigenvalue weighted by Crippen LogP contribution is 2.29. The normalized spacial score (nSPS) is 10.9. The zero-order valence-corrected chi connectivity index (χ0v) is 9.62. The van der Waals surface area contributed by atoms with Gasteiger partial charge >= 0.3 is 0 Å². The van der Waals surface area contributed by atoms with Gasteiger partial charge in [0.1, 0.15) is 12.5 Å². The summed E-state index contributed by atoms with van der Waals surface area (Å²) >= 11 is 0. The van der Waals surface area contributed by atoms with Gasteiger partial charge in [-0.2, -0.15) is 0 Å². The summed E-state index contributed by atoms with van der Waals surface area (Å²) in [6.45, 7) is 4.82.